The minimum Gasteiger partial charge on any atom is -0.380 e. The molecule has 0 saturated carbocycles. The number of anilines is 1. The number of nitriles is 1. The second-order valence-electron chi connectivity index (χ2n) is 4.47. The summed E-state index contributed by atoms with van der Waals surface area (Å²) in [5.41, 5.74) is 2.72. The van der Waals surface area contributed by atoms with Crippen LogP contribution in [0.15, 0.2) is 36.9 Å². The van der Waals surface area contributed by atoms with Crippen molar-refractivity contribution in [3.8, 4) is 6.07 Å². The number of nitrogens with one attached hydrogen (secondary N) is 1. The van der Waals surface area contributed by atoms with Gasteiger partial charge in [-0.05, 0) is 31.5 Å². The fourth-order valence-electron chi connectivity index (χ4n) is 1.90. The Labute approximate surface area is 107 Å². The lowest BCUT2D eigenvalue weighted by atomic mass is 10.1. The first kappa shape index (κ1) is 12.2. The number of aryl methyl sites for hydroxylation is 1. The van der Waals surface area contributed by atoms with Gasteiger partial charge in [0, 0.05) is 25.0 Å². The highest BCUT2D eigenvalue weighted by atomic mass is 15.1. The monoisotopic (exact) mass is 240 g/mol. The molecule has 0 aliphatic rings. The van der Waals surface area contributed by atoms with Gasteiger partial charge >= 0.3 is 0 Å². The van der Waals surface area contributed by atoms with Gasteiger partial charge in [-0.15, -0.1) is 0 Å². The number of aromatic nitrogens is 2. The summed E-state index contributed by atoms with van der Waals surface area (Å²) < 4.78 is 2.01. The van der Waals surface area contributed by atoms with Crippen LogP contribution in [0.2, 0.25) is 0 Å². The van der Waals surface area contributed by atoms with Gasteiger partial charge in [0.05, 0.1) is 17.6 Å². The van der Waals surface area contributed by atoms with Crippen LogP contribution in [0.25, 0.3) is 0 Å². The van der Waals surface area contributed by atoms with Crippen LogP contribution >= 0.6 is 0 Å². The molecule has 0 aliphatic heterocycles. The number of rotatable bonds is 4. The second kappa shape index (κ2) is 5.37. The summed E-state index contributed by atoms with van der Waals surface area (Å²) in [4.78, 5) is 4.01. The maximum atomic E-state index is 9.07. The molecule has 4 nitrogen and oxygen atoms in total. The van der Waals surface area contributed by atoms with Gasteiger partial charge in [-0.1, -0.05) is 6.07 Å². The largest absolute Gasteiger partial charge is 0.380 e. The molecule has 2 aromatic rings. The Hall–Kier alpha value is -2.28. The molecule has 1 heterocycles. The standard InChI is InChI=1S/C14H16N4/c1-11-3-4-13(8-15)14(7-11)17-12(2)9-18-6-5-16-10-18/h3-7,10,12,17H,9H2,1-2H3. The SMILES string of the molecule is Cc1ccc(C#N)c(NC(C)Cn2ccnc2)c1. The van der Waals surface area contributed by atoms with Crippen LogP contribution in [-0.4, -0.2) is 15.6 Å². The second-order valence-corrected chi connectivity index (χ2v) is 4.47. The Morgan fingerprint density at radius 1 is 1.50 bits per heavy atom. The number of imidazole rings is 1. The lowest BCUT2D eigenvalue weighted by Crippen LogP contribution is -2.21. The summed E-state index contributed by atoms with van der Waals surface area (Å²) >= 11 is 0. The van der Waals surface area contributed by atoms with Gasteiger partial charge in [-0.25, -0.2) is 4.98 Å². The highest BCUT2D eigenvalue weighted by Crippen LogP contribution is 2.17. The quantitative estimate of drug-likeness (QED) is 0.893. The minimum absolute atomic E-state index is 0.230. The van der Waals surface area contributed by atoms with E-state index in [0.29, 0.717) is 5.56 Å². The number of hydrogen-bond donors (Lipinski definition) is 1. The Morgan fingerprint density at radius 2 is 2.33 bits per heavy atom. The molecule has 1 N–H and O–H groups in total. The van der Waals surface area contributed by atoms with Gasteiger partial charge in [0.2, 0.25) is 0 Å². The highest BCUT2D eigenvalue weighted by Gasteiger charge is 2.07. The zero-order chi connectivity index (χ0) is 13.0. The summed E-state index contributed by atoms with van der Waals surface area (Å²) in [7, 11) is 0. The lowest BCUT2D eigenvalue weighted by Gasteiger charge is -2.17. The third-order valence-corrected chi connectivity index (χ3v) is 2.74. The molecule has 0 spiro atoms. The molecule has 1 atom stereocenters. The van der Waals surface area contributed by atoms with E-state index in [0.717, 1.165) is 17.8 Å². The number of benzene rings is 1. The van der Waals surface area contributed by atoms with Crippen molar-refractivity contribution in [1.82, 2.24) is 9.55 Å². The van der Waals surface area contributed by atoms with E-state index in [9.17, 15) is 0 Å². The Bertz CT molecular complexity index is 552. The predicted molar refractivity (Wildman–Crippen MR) is 71.2 cm³/mol. The summed E-state index contributed by atoms with van der Waals surface area (Å²) in [5, 5.41) is 12.4. The van der Waals surface area contributed by atoms with E-state index in [1.165, 1.54) is 0 Å². The first-order chi connectivity index (χ1) is 8.69. The number of hydrogen-bond acceptors (Lipinski definition) is 3. The van der Waals surface area contributed by atoms with Gasteiger partial charge in [0.25, 0.3) is 0 Å². The third kappa shape index (κ3) is 2.89. The van der Waals surface area contributed by atoms with Crippen LogP contribution in [0.1, 0.15) is 18.1 Å². The Morgan fingerprint density at radius 3 is 3.00 bits per heavy atom. The fourth-order valence-corrected chi connectivity index (χ4v) is 1.90. The fraction of sp³-hybridized carbons (Fsp3) is 0.286. The van der Waals surface area contributed by atoms with Crippen molar-refractivity contribution < 1.29 is 0 Å². The molecule has 0 fully saturated rings. The van der Waals surface area contributed by atoms with Crippen LogP contribution in [0.3, 0.4) is 0 Å². The number of nitrogens with zero attached hydrogens (tertiary/aromatic N) is 3. The van der Waals surface area contributed by atoms with Gasteiger partial charge in [-0.2, -0.15) is 5.26 Å². The molecule has 0 aliphatic carbocycles. The molecule has 92 valence electrons. The van der Waals surface area contributed by atoms with Crippen molar-refractivity contribution in [2.45, 2.75) is 26.4 Å². The third-order valence-electron chi connectivity index (χ3n) is 2.74. The normalized spacial score (nSPS) is 11.8. The Kier molecular flexibility index (Phi) is 3.63. The van der Waals surface area contributed by atoms with Crippen LogP contribution in [0.4, 0.5) is 5.69 Å². The predicted octanol–water partition coefficient (Wildman–Crippen LogP) is 2.56. The zero-order valence-corrected chi connectivity index (χ0v) is 10.6. The van der Waals surface area contributed by atoms with Crippen molar-refractivity contribution in [2.24, 2.45) is 0 Å². The molecule has 0 amide bonds. The molecular formula is C14H16N4. The first-order valence-electron chi connectivity index (χ1n) is 5.92. The van der Waals surface area contributed by atoms with E-state index in [2.05, 4.69) is 23.3 Å². The molecule has 0 saturated heterocycles. The van der Waals surface area contributed by atoms with Crippen molar-refractivity contribution in [1.29, 1.82) is 5.26 Å². The average Bonchev–Trinajstić information content (AvgIpc) is 2.82. The molecule has 18 heavy (non-hydrogen) atoms. The van der Waals surface area contributed by atoms with E-state index in [1.54, 1.807) is 12.5 Å². The molecule has 0 radical (unpaired) electrons. The van der Waals surface area contributed by atoms with E-state index in [1.807, 2.05) is 35.9 Å². The molecule has 4 heteroatoms. The Balaban J connectivity index is 2.09. The highest BCUT2D eigenvalue weighted by molar-refractivity contribution is 5.59. The van der Waals surface area contributed by atoms with Crippen LogP contribution in [-0.2, 0) is 6.54 Å². The zero-order valence-electron chi connectivity index (χ0n) is 10.6. The van der Waals surface area contributed by atoms with Crippen molar-refractivity contribution in [3.63, 3.8) is 0 Å². The molecule has 1 aromatic carbocycles. The van der Waals surface area contributed by atoms with Gasteiger partial charge < -0.3 is 9.88 Å². The molecule has 1 unspecified atom stereocenters. The van der Waals surface area contributed by atoms with Crippen LogP contribution in [0, 0.1) is 18.3 Å². The average molecular weight is 240 g/mol. The first-order valence-corrected chi connectivity index (χ1v) is 5.92. The molecule has 2 rings (SSSR count). The molecular weight excluding hydrogens is 224 g/mol. The van der Waals surface area contributed by atoms with Crippen molar-refractivity contribution >= 4 is 5.69 Å². The van der Waals surface area contributed by atoms with E-state index < -0.39 is 0 Å². The van der Waals surface area contributed by atoms with Crippen LogP contribution in [0.5, 0.6) is 0 Å². The van der Waals surface area contributed by atoms with Crippen molar-refractivity contribution in [2.75, 3.05) is 5.32 Å². The smallest absolute Gasteiger partial charge is 0.101 e. The minimum atomic E-state index is 0.230. The summed E-state index contributed by atoms with van der Waals surface area (Å²) in [5.74, 6) is 0. The summed E-state index contributed by atoms with van der Waals surface area (Å²) in [6, 6.07) is 8.24. The lowest BCUT2D eigenvalue weighted by molar-refractivity contribution is 0.619. The molecule has 1 aromatic heterocycles. The summed E-state index contributed by atoms with van der Waals surface area (Å²) in [6.45, 7) is 4.93. The topological polar surface area (TPSA) is 53.6 Å². The van der Waals surface area contributed by atoms with Crippen LogP contribution < -0.4 is 5.32 Å². The van der Waals surface area contributed by atoms with E-state index >= 15 is 0 Å². The molecule has 0 bridgehead atoms. The maximum absolute atomic E-state index is 9.07. The van der Waals surface area contributed by atoms with Gasteiger partial charge in [0.15, 0.2) is 0 Å². The van der Waals surface area contributed by atoms with E-state index in [-0.39, 0.29) is 6.04 Å². The van der Waals surface area contributed by atoms with Crippen molar-refractivity contribution in [3.05, 3.63) is 48.0 Å². The van der Waals surface area contributed by atoms with Gasteiger partial charge in [-0.3, -0.25) is 0 Å². The van der Waals surface area contributed by atoms with Gasteiger partial charge in [0.1, 0.15) is 6.07 Å². The maximum Gasteiger partial charge on any atom is 0.101 e. The summed E-state index contributed by atoms with van der Waals surface area (Å²) in [6.07, 6.45) is 5.49. The van der Waals surface area contributed by atoms with E-state index in [4.69, 9.17) is 5.26 Å².